The standard InChI is InChI=1S/C14H17Cl2NO3/c1-8(12-11(18)5-4-10(15)13(12)16)17-6-2-3-9(7-17)14(19)20/h4-5,8-9,18H,2-3,6-7H2,1H3,(H,19,20)/t8?,9-/m0/s1. The summed E-state index contributed by atoms with van der Waals surface area (Å²) in [6, 6.07) is 2.88. The van der Waals surface area contributed by atoms with Crippen molar-refractivity contribution < 1.29 is 15.0 Å². The number of carbonyl (C=O) groups is 1. The van der Waals surface area contributed by atoms with E-state index in [-0.39, 0.29) is 17.7 Å². The molecule has 2 atom stereocenters. The van der Waals surface area contributed by atoms with E-state index in [4.69, 9.17) is 28.3 Å². The zero-order valence-corrected chi connectivity index (χ0v) is 12.7. The molecule has 0 radical (unpaired) electrons. The second kappa shape index (κ2) is 6.20. The normalized spacial score (nSPS) is 21.6. The molecule has 110 valence electrons. The molecular weight excluding hydrogens is 301 g/mol. The lowest BCUT2D eigenvalue weighted by Gasteiger charge is -2.36. The fourth-order valence-electron chi connectivity index (χ4n) is 2.70. The third kappa shape index (κ3) is 3.03. The molecule has 1 aromatic carbocycles. The number of phenols is 1. The smallest absolute Gasteiger partial charge is 0.307 e. The van der Waals surface area contributed by atoms with Crippen molar-refractivity contribution in [2.75, 3.05) is 13.1 Å². The maximum atomic E-state index is 11.1. The molecule has 2 N–H and O–H groups in total. The molecule has 0 spiro atoms. The number of carboxylic acids is 1. The van der Waals surface area contributed by atoms with Gasteiger partial charge in [-0.25, -0.2) is 0 Å². The average molecular weight is 318 g/mol. The highest BCUT2D eigenvalue weighted by molar-refractivity contribution is 6.42. The predicted molar refractivity (Wildman–Crippen MR) is 78.5 cm³/mol. The fourth-order valence-corrected chi connectivity index (χ4v) is 3.18. The van der Waals surface area contributed by atoms with Gasteiger partial charge in [-0.1, -0.05) is 23.2 Å². The van der Waals surface area contributed by atoms with Gasteiger partial charge >= 0.3 is 5.97 Å². The van der Waals surface area contributed by atoms with Gasteiger partial charge in [0.2, 0.25) is 0 Å². The zero-order valence-electron chi connectivity index (χ0n) is 11.1. The van der Waals surface area contributed by atoms with E-state index in [2.05, 4.69) is 0 Å². The van der Waals surface area contributed by atoms with Crippen LogP contribution in [0.5, 0.6) is 5.75 Å². The Hall–Kier alpha value is -0.970. The maximum Gasteiger partial charge on any atom is 0.307 e. The second-order valence-corrected chi connectivity index (χ2v) is 5.93. The third-order valence-corrected chi connectivity index (χ3v) is 4.70. The van der Waals surface area contributed by atoms with Crippen LogP contribution in [0, 0.1) is 5.92 Å². The Morgan fingerprint density at radius 1 is 1.45 bits per heavy atom. The van der Waals surface area contributed by atoms with Crippen LogP contribution in [0.25, 0.3) is 0 Å². The molecular formula is C14H17Cl2NO3. The Morgan fingerprint density at radius 3 is 2.80 bits per heavy atom. The summed E-state index contributed by atoms with van der Waals surface area (Å²) in [6.45, 7) is 3.15. The number of likely N-dealkylation sites (tertiary alicyclic amines) is 1. The Bertz CT molecular complexity index is 521. The number of phenolic OH excluding ortho intramolecular Hbond substituents is 1. The van der Waals surface area contributed by atoms with Crippen LogP contribution in [0.4, 0.5) is 0 Å². The van der Waals surface area contributed by atoms with E-state index in [0.29, 0.717) is 28.6 Å². The number of nitrogens with zero attached hydrogens (tertiary/aromatic N) is 1. The van der Waals surface area contributed by atoms with Crippen molar-refractivity contribution >= 4 is 29.2 Å². The van der Waals surface area contributed by atoms with Crippen LogP contribution >= 0.6 is 23.2 Å². The number of hydrogen-bond acceptors (Lipinski definition) is 3. The van der Waals surface area contributed by atoms with Gasteiger partial charge in [0.05, 0.1) is 16.0 Å². The summed E-state index contributed by atoms with van der Waals surface area (Å²) >= 11 is 12.2. The first kappa shape index (κ1) is 15.4. The molecule has 1 aliphatic rings. The van der Waals surface area contributed by atoms with E-state index in [9.17, 15) is 9.90 Å². The molecule has 1 heterocycles. The van der Waals surface area contributed by atoms with Gasteiger partial charge in [-0.15, -0.1) is 0 Å². The van der Waals surface area contributed by atoms with Crippen LogP contribution in [0.3, 0.4) is 0 Å². The minimum Gasteiger partial charge on any atom is -0.508 e. The minimum atomic E-state index is -0.775. The summed E-state index contributed by atoms with van der Waals surface area (Å²) in [6.07, 6.45) is 1.51. The molecule has 20 heavy (non-hydrogen) atoms. The lowest BCUT2D eigenvalue weighted by Crippen LogP contribution is -2.40. The van der Waals surface area contributed by atoms with Gasteiger partial charge in [0.15, 0.2) is 0 Å². The van der Waals surface area contributed by atoms with Crippen molar-refractivity contribution in [1.82, 2.24) is 4.90 Å². The highest BCUT2D eigenvalue weighted by Crippen LogP contribution is 2.39. The van der Waals surface area contributed by atoms with E-state index in [1.165, 1.54) is 6.07 Å². The first-order chi connectivity index (χ1) is 9.41. The van der Waals surface area contributed by atoms with Gasteiger partial charge in [-0.3, -0.25) is 9.69 Å². The highest BCUT2D eigenvalue weighted by atomic mass is 35.5. The quantitative estimate of drug-likeness (QED) is 0.894. The van der Waals surface area contributed by atoms with Crippen molar-refractivity contribution in [1.29, 1.82) is 0 Å². The number of piperidine rings is 1. The molecule has 2 rings (SSSR count). The monoisotopic (exact) mass is 317 g/mol. The van der Waals surface area contributed by atoms with Crippen molar-refractivity contribution in [2.24, 2.45) is 5.92 Å². The molecule has 1 unspecified atom stereocenters. The Labute approximate surface area is 127 Å². The number of carboxylic acid groups (broad SMARTS) is 1. The van der Waals surface area contributed by atoms with Crippen molar-refractivity contribution in [3.63, 3.8) is 0 Å². The van der Waals surface area contributed by atoms with Crippen LogP contribution in [0.2, 0.25) is 10.0 Å². The maximum absolute atomic E-state index is 11.1. The molecule has 4 nitrogen and oxygen atoms in total. The van der Waals surface area contributed by atoms with E-state index >= 15 is 0 Å². The molecule has 1 fully saturated rings. The molecule has 0 amide bonds. The molecule has 6 heteroatoms. The van der Waals surface area contributed by atoms with E-state index in [1.807, 2.05) is 11.8 Å². The highest BCUT2D eigenvalue weighted by Gasteiger charge is 2.30. The summed E-state index contributed by atoms with van der Waals surface area (Å²) in [5.41, 5.74) is 0.560. The van der Waals surface area contributed by atoms with Gasteiger partial charge in [0, 0.05) is 18.2 Å². The van der Waals surface area contributed by atoms with E-state index < -0.39 is 5.97 Å². The summed E-state index contributed by atoms with van der Waals surface area (Å²) in [4.78, 5) is 13.2. The lowest BCUT2D eigenvalue weighted by atomic mass is 9.95. The summed E-state index contributed by atoms with van der Waals surface area (Å²) in [5, 5.41) is 19.9. The van der Waals surface area contributed by atoms with Crippen molar-refractivity contribution in [3.05, 3.63) is 27.7 Å². The van der Waals surface area contributed by atoms with Crippen LogP contribution < -0.4 is 0 Å². The predicted octanol–water partition coefficient (Wildman–Crippen LogP) is 3.56. The van der Waals surface area contributed by atoms with Gasteiger partial charge < -0.3 is 10.2 Å². The topological polar surface area (TPSA) is 60.8 Å². The molecule has 0 aliphatic carbocycles. The molecule has 0 saturated carbocycles. The van der Waals surface area contributed by atoms with Crippen LogP contribution in [0.15, 0.2) is 12.1 Å². The van der Waals surface area contributed by atoms with Crippen molar-refractivity contribution in [2.45, 2.75) is 25.8 Å². The van der Waals surface area contributed by atoms with Gasteiger partial charge in [0.1, 0.15) is 5.75 Å². The Balaban J connectivity index is 2.25. The molecule has 1 aromatic rings. The van der Waals surface area contributed by atoms with Crippen molar-refractivity contribution in [3.8, 4) is 5.75 Å². The summed E-state index contributed by atoms with van der Waals surface area (Å²) in [5.74, 6) is -1.06. The van der Waals surface area contributed by atoms with E-state index in [1.54, 1.807) is 6.07 Å². The van der Waals surface area contributed by atoms with Crippen LogP contribution in [-0.2, 0) is 4.79 Å². The Morgan fingerprint density at radius 2 is 2.15 bits per heavy atom. The lowest BCUT2D eigenvalue weighted by molar-refractivity contribution is -0.143. The van der Waals surface area contributed by atoms with Gasteiger partial charge in [-0.2, -0.15) is 0 Å². The fraction of sp³-hybridized carbons (Fsp3) is 0.500. The largest absolute Gasteiger partial charge is 0.508 e. The molecule has 1 aliphatic heterocycles. The van der Waals surface area contributed by atoms with Crippen LogP contribution in [-0.4, -0.2) is 34.2 Å². The number of rotatable bonds is 3. The average Bonchev–Trinajstić information content (AvgIpc) is 2.43. The number of aliphatic carboxylic acids is 1. The minimum absolute atomic E-state index is 0.0874. The van der Waals surface area contributed by atoms with E-state index in [0.717, 1.165) is 13.0 Å². The SMILES string of the molecule is CC(c1c(O)ccc(Cl)c1Cl)N1CCC[C@H](C(=O)O)C1. The van der Waals surface area contributed by atoms with Gasteiger partial charge in [-0.05, 0) is 38.4 Å². The third-order valence-electron chi connectivity index (χ3n) is 3.88. The second-order valence-electron chi connectivity index (χ2n) is 5.14. The molecule has 0 bridgehead atoms. The first-order valence-corrected chi connectivity index (χ1v) is 7.31. The van der Waals surface area contributed by atoms with Crippen LogP contribution in [0.1, 0.15) is 31.4 Å². The summed E-state index contributed by atoms with van der Waals surface area (Å²) in [7, 11) is 0. The zero-order chi connectivity index (χ0) is 14.9. The summed E-state index contributed by atoms with van der Waals surface area (Å²) < 4.78 is 0. The number of aromatic hydroxyl groups is 1. The molecule has 0 aromatic heterocycles. The number of benzene rings is 1. The number of hydrogen-bond donors (Lipinski definition) is 2. The first-order valence-electron chi connectivity index (χ1n) is 6.55. The Kier molecular flexibility index (Phi) is 4.78. The van der Waals surface area contributed by atoms with Gasteiger partial charge in [0.25, 0.3) is 0 Å². The number of halogens is 2. The molecule has 1 saturated heterocycles.